The molecule has 0 bridgehead atoms. The van der Waals surface area contributed by atoms with Crippen LogP contribution in [0.1, 0.15) is 30.6 Å². The number of Topliss-reactive ketones (excluding diaryl/α,β-unsaturated/α-hetero) is 1. The van der Waals surface area contributed by atoms with Gasteiger partial charge in [-0.25, -0.2) is 0 Å². The minimum atomic E-state index is -0.443. The maximum Gasteiger partial charge on any atom is 0.166 e. The summed E-state index contributed by atoms with van der Waals surface area (Å²) in [5.41, 5.74) is 0.271. The summed E-state index contributed by atoms with van der Waals surface area (Å²) in [6.07, 6.45) is 3.83. The fourth-order valence-corrected chi connectivity index (χ4v) is 1.91. The molecule has 0 N–H and O–H groups in total. The van der Waals surface area contributed by atoms with E-state index in [2.05, 4.69) is 4.98 Å². The standard InChI is InChI=1S/C15H17NO2/c1-15(2,18-3)9-14(17)12-6-4-5-11-7-8-16-10-13(11)12/h4-8,10H,9H2,1-3H3. The summed E-state index contributed by atoms with van der Waals surface area (Å²) < 4.78 is 5.31. The number of carbonyl (C=O) groups excluding carboxylic acids is 1. The van der Waals surface area contributed by atoms with Crippen LogP contribution in [-0.2, 0) is 4.74 Å². The Balaban J connectivity index is 2.39. The van der Waals surface area contributed by atoms with Crippen molar-refractivity contribution in [3.63, 3.8) is 0 Å². The first-order valence-corrected chi connectivity index (χ1v) is 5.94. The van der Waals surface area contributed by atoms with Crippen molar-refractivity contribution in [1.82, 2.24) is 4.98 Å². The number of fused-ring (bicyclic) bond motifs is 1. The highest BCUT2D eigenvalue weighted by atomic mass is 16.5. The number of ketones is 1. The topological polar surface area (TPSA) is 39.2 Å². The lowest BCUT2D eigenvalue weighted by molar-refractivity contribution is 0.0172. The van der Waals surface area contributed by atoms with E-state index in [-0.39, 0.29) is 5.78 Å². The summed E-state index contributed by atoms with van der Waals surface area (Å²) in [6.45, 7) is 3.82. The highest BCUT2D eigenvalue weighted by Gasteiger charge is 2.22. The summed E-state index contributed by atoms with van der Waals surface area (Å²) in [5.74, 6) is 0.0838. The lowest BCUT2D eigenvalue weighted by atomic mass is 9.94. The molecule has 0 fully saturated rings. The highest BCUT2D eigenvalue weighted by Crippen LogP contribution is 2.22. The SMILES string of the molecule is COC(C)(C)CC(=O)c1cccc2ccncc12. The average molecular weight is 243 g/mol. The molecule has 0 saturated carbocycles. The van der Waals surface area contributed by atoms with Crippen LogP contribution >= 0.6 is 0 Å². The number of hydrogen-bond donors (Lipinski definition) is 0. The lowest BCUT2D eigenvalue weighted by Crippen LogP contribution is -2.26. The average Bonchev–Trinajstić information content (AvgIpc) is 2.37. The molecule has 0 amide bonds. The molecule has 0 aliphatic heterocycles. The number of pyridine rings is 1. The lowest BCUT2D eigenvalue weighted by Gasteiger charge is -2.22. The quantitative estimate of drug-likeness (QED) is 0.774. The first-order valence-electron chi connectivity index (χ1n) is 5.94. The van der Waals surface area contributed by atoms with Crippen LogP contribution in [0.4, 0.5) is 0 Å². The van der Waals surface area contributed by atoms with E-state index in [9.17, 15) is 4.79 Å². The van der Waals surface area contributed by atoms with Gasteiger partial charge in [0.05, 0.1) is 5.60 Å². The van der Waals surface area contributed by atoms with E-state index in [4.69, 9.17) is 4.74 Å². The third-order valence-electron chi connectivity index (χ3n) is 3.12. The van der Waals surface area contributed by atoms with Crippen LogP contribution in [0.2, 0.25) is 0 Å². The van der Waals surface area contributed by atoms with Crippen LogP contribution in [-0.4, -0.2) is 23.5 Å². The molecule has 0 spiro atoms. The second-order valence-corrected chi connectivity index (χ2v) is 4.97. The van der Waals surface area contributed by atoms with Crippen molar-refractivity contribution in [3.05, 3.63) is 42.2 Å². The van der Waals surface area contributed by atoms with Crippen molar-refractivity contribution in [3.8, 4) is 0 Å². The molecule has 1 heterocycles. The van der Waals surface area contributed by atoms with Gasteiger partial charge in [0.2, 0.25) is 0 Å². The normalized spacial score (nSPS) is 11.7. The number of nitrogens with zero attached hydrogens (tertiary/aromatic N) is 1. The number of benzene rings is 1. The van der Waals surface area contributed by atoms with Crippen molar-refractivity contribution < 1.29 is 9.53 Å². The van der Waals surface area contributed by atoms with E-state index >= 15 is 0 Å². The Morgan fingerprint density at radius 3 is 2.83 bits per heavy atom. The Bertz CT molecular complexity index is 570. The number of ether oxygens (including phenoxy) is 1. The summed E-state index contributed by atoms with van der Waals surface area (Å²) in [5, 5.41) is 1.93. The molecule has 0 aliphatic carbocycles. The first kappa shape index (κ1) is 12.7. The summed E-state index contributed by atoms with van der Waals surface area (Å²) in [6, 6.07) is 7.64. The fraction of sp³-hybridized carbons (Fsp3) is 0.333. The molecular weight excluding hydrogens is 226 g/mol. The highest BCUT2D eigenvalue weighted by molar-refractivity contribution is 6.08. The third-order valence-corrected chi connectivity index (χ3v) is 3.12. The second kappa shape index (κ2) is 4.86. The van der Waals surface area contributed by atoms with Crippen molar-refractivity contribution in [1.29, 1.82) is 0 Å². The van der Waals surface area contributed by atoms with Crippen LogP contribution < -0.4 is 0 Å². The maximum atomic E-state index is 12.3. The fourth-order valence-electron chi connectivity index (χ4n) is 1.91. The Morgan fingerprint density at radius 1 is 1.33 bits per heavy atom. The Kier molecular flexibility index (Phi) is 3.43. The van der Waals surface area contributed by atoms with Crippen molar-refractivity contribution in [2.75, 3.05) is 7.11 Å². The van der Waals surface area contributed by atoms with Crippen LogP contribution in [0.15, 0.2) is 36.7 Å². The van der Waals surface area contributed by atoms with E-state index in [1.807, 2.05) is 38.1 Å². The van der Waals surface area contributed by atoms with Gasteiger partial charge in [0.15, 0.2) is 5.78 Å². The monoisotopic (exact) mass is 243 g/mol. The zero-order valence-corrected chi connectivity index (χ0v) is 10.9. The number of aromatic nitrogens is 1. The maximum absolute atomic E-state index is 12.3. The molecule has 94 valence electrons. The van der Waals surface area contributed by atoms with E-state index in [0.717, 1.165) is 10.8 Å². The molecule has 0 unspecified atom stereocenters. The second-order valence-electron chi connectivity index (χ2n) is 4.97. The molecule has 2 aromatic rings. The van der Waals surface area contributed by atoms with Gasteiger partial charge in [0.1, 0.15) is 0 Å². The van der Waals surface area contributed by atoms with Crippen LogP contribution in [0.25, 0.3) is 10.8 Å². The third kappa shape index (κ3) is 2.57. The predicted octanol–water partition coefficient (Wildman–Crippen LogP) is 3.23. The van der Waals surface area contributed by atoms with Crippen LogP contribution in [0.3, 0.4) is 0 Å². The summed E-state index contributed by atoms with van der Waals surface area (Å²) >= 11 is 0. The van der Waals surface area contributed by atoms with Gasteiger partial charge in [-0.1, -0.05) is 18.2 Å². The molecule has 0 saturated heterocycles. The first-order chi connectivity index (χ1) is 8.53. The largest absolute Gasteiger partial charge is 0.378 e. The molecule has 18 heavy (non-hydrogen) atoms. The minimum absolute atomic E-state index is 0.0838. The van der Waals surface area contributed by atoms with Gasteiger partial charge < -0.3 is 4.74 Å². The van der Waals surface area contributed by atoms with Gasteiger partial charge in [0, 0.05) is 36.9 Å². The van der Waals surface area contributed by atoms with Crippen molar-refractivity contribution in [2.45, 2.75) is 25.9 Å². The van der Waals surface area contributed by atoms with Gasteiger partial charge >= 0.3 is 0 Å². The summed E-state index contributed by atoms with van der Waals surface area (Å²) in [7, 11) is 1.62. The van der Waals surface area contributed by atoms with Gasteiger partial charge in [-0.3, -0.25) is 9.78 Å². The Morgan fingerprint density at radius 2 is 2.11 bits per heavy atom. The van der Waals surface area contributed by atoms with E-state index < -0.39 is 5.60 Å². The number of rotatable bonds is 4. The van der Waals surface area contributed by atoms with Gasteiger partial charge in [-0.2, -0.15) is 0 Å². The molecule has 1 aromatic heterocycles. The van der Waals surface area contributed by atoms with E-state index in [1.54, 1.807) is 19.5 Å². The summed E-state index contributed by atoms with van der Waals surface area (Å²) in [4.78, 5) is 16.4. The van der Waals surface area contributed by atoms with Crippen molar-refractivity contribution >= 4 is 16.6 Å². The molecule has 0 atom stereocenters. The molecule has 0 radical (unpaired) electrons. The van der Waals surface area contributed by atoms with Crippen LogP contribution in [0.5, 0.6) is 0 Å². The zero-order chi connectivity index (χ0) is 13.2. The Labute approximate surface area is 107 Å². The van der Waals surface area contributed by atoms with Gasteiger partial charge in [0.25, 0.3) is 0 Å². The predicted molar refractivity (Wildman–Crippen MR) is 71.8 cm³/mol. The number of carbonyl (C=O) groups is 1. The smallest absolute Gasteiger partial charge is 0.166 e. The van der Waals surface area contributed by atoms with Gasteiger partial charge in [-0.15, -0.1) is 0 Å². The Hall–Kier alpha value is -1.74. The van der Waals surface area contributed by atoms with Gasteiger partial charge in [-0.05, 0) is 25.3 Å². The number of methoxy groups -OCH3 is 1. The molecule has 0 aliphatic rings. The molecule has 1 aromatic carbocycles. The van der Waals surface area contributed by atoms with E-state index in [1.165, 1.54) is 0 Å². The molecule has 2 rings (SSSR count). The van der Waals surface area contributed by atoms with Crippen LogP contribution in [0, 0.1) is 0 Å². The zero-order valence-electron chi connectivity index (χ0n) is 10.9. The molecule has 3 heteroatoms. The van der Waals surface area contributed by atoms with E-state index in [0.29, 0.717) is 12.0 Å². The molecule has 3 nitrogen and oxygen atoms in total. The molecular formula is C15H17NO2. The number of hydrogen-bond acceptors (Lipinski definition) is 3. The minimum Gasteiger partial charge on any atom is -0.378 e. The van der Waals surface area contributed by atoms with Crippen molar-refractivity contribution in [2.24, 2.45) is 0 Å².